The zero-order chi connectivity index (χ0) is 99.6. The quantitative estimate of drug-likeness (QED) is 0.0187. The molecule has 0 fully saturated rings. The van der Waals surface area contributed by atoms with Crippen LogP contribution in [0.1, 0.15) is 240 Å². The lowest BCUT2D eigenvalue weighted by Gasteiger charge is -2.20. The van der Waals surface area contributed by atoms with Gasteiger partial charge in [0.25, 0.3) is 0 Å². The zero-order valence-electron chi connectivity index (χ0n) is 82.6. The second-order valence-electron chi connectivity index (χ2n) is 36.2. The molecule has 0 saturated carbocycles. The molecule has 0 atom stereocenters. The van der Waals surface area contributed by atoms with Crippen molar-refractivity contribution in [2.75, 3.05) is 63.8 Å². The van der Waals surface area contributed by atoms with Gasteiger partial charge in [-0.05, 0) is 129 Å². The Kier molecular flexibility index (Phi) is 43.9. The van der Waals surface area contributed by atoms with Gasteiger partial charge in [0.2, 0.25) is 70.9 Å². The summed E-state index contributed by atoms with van der Waals surface area (Å²) in [5.41, 5.74) is 8.26. The van der Waals surface area contributed by atoms with Gasteiger partial charge >= 0.3 is 0 Å². The maximum absolute atomic E-state index is 12.3. The molecule has 0 aliphatic rings. The Morgan fingerprint density at radius 1 is 0.213 bits per heavy atom. The second kappa shape index (κ2) is 54.9. The van der Waals surface area contributed by atoms with Crippen LogP contribution in [0.4, 0.5) is 68.2 Å². The fourth-order valence-electron chi connectivity index (χ4n) is 14.3. The van der Waals surface area contributed by atoms with Crippen LogP contribution in [0, 0.1) is 22.7 Å². The largest absolute Gasteiger partial charge is 0.326 e. The summed E-state index contributed by atoms with van der Waals surface area (Å²) in [5, 5.41) is 46.5. The number of unbranched alkanes of at least 4 members (excludes halogenated alkanes) is 2. The number of benzene rings is 12. The van der Waals surface area contributed by atoms with Crippen LogP contribution < -0.4 is 63.8 Å². The molecule has 136 heavy (non-hydrogen) atoms. The van der Waals surface area contributed by atoms with E-state index in [2.05, 4.69) is 77.6 Å². The van der Waals surface area contributed by atoms with E-state index in [0.717, 1.165) is 184 Å². The van der Waals surface area contributed by atoms with Crippen molar-refractivity contribution in [2.45, 2.75) is 240 Å². The van der Waals surface area contributed by atoms with E-state index in [1.807, 2.05) is 329 Å². The predicted octanol–water partition coefficient (Wildman–Crippen LogP) is 26.9. The first kappa shape index (κ1) is 109. The van der Waals surface area contributed by atoms with Crippen molar-refractivity contribution >= 4 is 204 Å². The number of anilines is 12. The Balaban J connectivity index is 0.000000223. The van der Waals surface area contributed by atoms with Gasteiger partial charge in [-0.2, -0.15) is 0 Å². The first-order valence-electron chi connectivity index (χ1n) is 47.7. The first-order chi connectivity index (χ1) is 65.0. The number of carbonyl (C=O) groups excluding carboxylic acids is 12. The summed E-state index contributed by atoms with van der Waals surface area (Å²) in [6.45, 7) is 35.0. The molecule has 720 valence electrons. The second-order valence-corrected chi connectivity index (χ2v) is 36.2. The Morgan fingerprint density at radius 2 is 0.390 bits per heavy atom. The summed E-state index contributed by atoms with van der Waals surface area (Å²) in [4.78, 5) is 143. The van der Waals surface area contributed by atoms with Crippen LogP contribution in [0.3, 0.4) is 0 Å². The number of amides is 12. The van der Waals surface area contributed by atoms with E-state index < -0.39 is 10.8 Å². The van der Waals surface area contributed by atoms with E-state index >= 15 is 0 Å². The van der Waals surface area contributed by atoms with Crippen molar-refractivity contribution in [2.24, 2.45) is 22.7 Å². The van der Waals surface area contributed by atoms with Crippen LogP contribution in [0.2, 0.25) is 0 Å². The van der Waals surface area contributed by atoms with E-state index in [4.69, 9.17) is 0 Å². The molecule has 24 heteroatoms. The van der Waals surface area contributed by atoms with Crippen LogP contribution >= 0.6 is 0 Å². The summed E-state index contributed by atoms with van der Waals surface area (Å²) in [5.74, 6) is 0.554. The highest BCUT2D eigenvalue weighted by Gasteiger charge is 2.25. The van der Waals surface area contributed by atoms with E-state index in [9.17, 15) is 57.5 Å². The maximum atomic E-state index is 12.3. The summed E-state index contributed by atoms with van der Waals surface area (Å²) < 4.78 is 0. The molecule has 0 aromatic heterocycles. The molecular formula is C112H140N12O12. The Labute approximate surface area is 801 Å². The van der Waals surface area contributed by atoms with Crippen LogP contribution in [0.5, 0.6) is 0 Å². The lowest BCUT2D eigenvalue weighted by atomic mass is 9.94. The number of carbonyl (C=O) groups is 12. The predicted molar refractivity (Wildman–Crippen MR) is 564 cm³/mol. The topological polar surface area (TPSA) is 349 Å². The highest BCUT2D eigenvalue weighted by molar-refractivity contribution is 6.16. The molecule has 0 aliphatic carbocycles. The fraction of sp³-hybridized carbons (Fsp3) is 0.357. The van der Waals surface area contributed by atoms with Gasteiger partial charge < -0.3 is 63.8 Å². The Hall–Kier alpha value is -14.2. The van der Waals surface area contributed by atoms with E-state index in [1.165, 1.54) is 0 Å². The zero-order valence-corrected chi connectivity index (χ0v) is 82.6. The average molecular weight is 1850 g/mol. The van der Waals surface area contributed by atoms with Crippen LogP contribution in [0.15, 0.2) is 218 Å². The van der Waals surface area contributed by atoms with Gasteiger partial charge in [-0.25, -0.2) is 0 Å². The van der Waals surface area contributed by atoms with Crippen molar-refractivity contribution in [3.05, 3.63) is 218 Å². The Morgan fingerprint density at radius 3 is 0.581 bits per heavy atom. The lowest BCUT2D eigenvalue weighted by Crippen LogP contribution is -2.28. The summed E-state index contributed by atoms with van der Waals surface area (Å²) in [6, 6.07) is 68.7. The average Bonchev–Trinajstić information content (AvgIpc) is 0.806. The maximum Gasteiger partial charge on any atom is 0.229 e. The van der Waals surface area contributed by atoms with Gasteiger partial charge in [-0.1, -0.05) is 283 Å². The molecule has 0 radical (unpaired) electrons. The summed E-state index contributed by atoms with van der Waals surface area (Å²) in [7, 11) is 0. The minimum Gasteiger partial charge on any atom is -0.326 e. The molecular weight excluding hydrogens is 1710 g/mol. The van der Waals surface area contributed by atoms with Gasteiger partial charge in [0.1, 0.15) is 0 Å². The van der Waals surface area contributed by atoms with Gasteiger partial charge in [0.15, 0.2) is 0 Å². The van der Waals surface area contributed by atoms with E-state index in [1.54, 1.807) is 0 Å². The molecule has 24 nitrogen and oxygen atoms in total. The summed E-state index contributed by atoms with van der Waals surface area (Å²) in [6.07, 6.45) is 11.9. The molecule has 0 saturated heterocycles. The SMILES string of the molecule is CC(C)(C)C(=O)Nc1cccc2c(NC(=O)C(C)(C)C)cccc12.CC(C)CC(=O)Nc1cccc2c(NC(=O)CC(C)C)cccc12.CCC(=O)Nc1cccc2c(NC(=O)CC)cccc12.CCCC(=O)Nc1cccc2c(NC(=O)CCC)cccc12.CCCC(=O)Nc1cccc2cccc(NC(=O)CCC)c12.CCCCC(=O)Nc1cccc2c(NC(=O)CCCC)cccc12. The van der Waals surface area contributed by atoms with E-state index in [-0.39, 0.29) is 70.9 Å². The van der Waals surface area contributed by atoms with Gasteiger partial charge in [-0.15, -0.1) is 0 Å². The van der Waals surface area contributed by atoms with Crippen LogP contribution in [-0.4, -0.2) is 70.9 Å². The normalized spacial score (nSPS) is 10.9. The van der Waals surface area contributed by atoms with Crippen molar-refractivity contribution in [3.63, 3.8) is 0 Å². The van der Waals surface area contributed by atoms with Crippen molar-refractivity contribution < 1.29 is 57.5 Å². The molecule has 12 N–H and O–H groups in total. The van der Waals surface area contributed by atoms with Crippen LogP contribution in [0.25, 0.3) is 64.6 Å². The monoisotopic (exact) mass is 1850 g/mol. The minimum absolute atomic E-state index is 0.00625. The van der Waals surface area contributed by atoms with E-state index in [0.29, 0.717) is 76.0 Å². The van der Waals surface area contributed by atoms with Crippen molar-refractivity contribution in [1.29, 1.82) is 0 Å². The molecule has 12 rings (SSSR count). The molecule has 0 bridgehead atoms. The Bertz CT molecular complexity index is 5780. The smallest absolute Gasteiger partial charge is 0.229 e. The summed E-state index contributed by atoms with van der Waals surface area (Å²) >= 11 is 0. The van der Waals surface area contributed by atoms with Crippen molar-refractivity contribution in [1.82, 2.24) is 0 Å². The number of hydrogen-bond acceptors (Lipinski definition) is 12. The molecule has 0 aliphatic heterocycles. The molecule has 12 aromatic rings. The first-order valence-corrected chi connectivity index (χ1v) is 47.7. The number of rotatable bonds is 32. The fourth-order valence-corrected chi connectivity index (χ4v) is 14.3. The third-order valence-corrected chi connectivity index (χ3v) is 21.4. The van der Waals surface area contributed by atoms with Gasteiger partial charge in [-0.3, -0.25) is 57.5 Å². The highest BCUT2D eigenvalue weighted by Crippen LogP contribution is 2.38. The molecule has 0 unspecified atom stereocenters. The van der Waals surface area contributed by atoms with Gasteiger partial charge in [0.05, 0.1) is 11.4 Å². The third-order valence-electron chi connectivity index (χ3n) is 21.4. The molecule has 12 aromatic carbocycles. The van der Waals surface area contributed by atoms with Gasteiger partial charge in [0, 0.05) is 191 Å². The number of nitrogens with one attached hydrogen (secondary N) is 12. The van der Waals surface area contributed by atoms with Crippen LogP contribution in [-0.2, 0) is 57.5 Å². The minimum atomic E-state index is -0.472. The number of hydrogen-bond donors (Lipinski definition) is 12. The standard InChI is InChI=1S/3C20H26N2O2.2C18H22N2O2.C16H18N2O2/c1-19(2,3)17(23)21-15-11-7-10-14-13(15)9-8-12-16(14)22-18(24)20(4,5)6;1-13(2)11-19(23)21-17-9-5-8-16-15(17)7-6-10-18(16)22-20(24)12-14(3)4;1-3-5-13-19(23)21-17-11-7-10-16-15(17)9-8-12-18(16)22-20(24)14-6-4-2;1-3-7-17(21)19-15-11-5-10-14-13(15)9-6-12-16(14)20-18(22)8-4-2;1-3-7-16(21)19-14-11-5-9-13-10-6-12-15(18(13)14)20-17(22)8-4-2;1-3-15(19)17-13-9-5-8-12-11(13)7-6-10-14(12)18-16(20)4-2/h7-12H,1-6H3,(H,21,23)(H,22,24);5-10,13-14H,11-12H2,1-4H3,(H,21,23)(H,22,24);7-12H,3-6,13-14H2,1-2H3,(H,21,23)(H,22,24);2*5-6,9-12H,3-4,7-8H2,1-2H3,(H,19,21)(H,20,22);5-10H,3-4H2,1-2H3,(H,17,19)(H,18,20). The lowest BCUT2D eigenvalue weighted by molar-refractivity contribution is -0.123. The molecule has 0 heterocycles. The highest BCUT2D eigenvalue weighted by atomic mass is 16.2. The number of fused-ring (bicyclic) bond motifs is 6. The molecule has 12 amide bonds. The molecule has 0 spiro atoms. The third kappa shape index (κ3) is 34.4. The van der Waals surface area contributed by atoms with Crippen molar-refractivity contribution in [3.8, 4) is 0 Å².